The fraction of sp³-hybridized carbons (Fsp3) is 0.933. The Labute approximate surface area is 121 Å². The predicted octanol–water partition coefficient (Wildman–Crippen LogP) is 4.62. The maximum Gasteiger partial charge on any atom is 0.305 e. The number of rotatable bonds is 5. The summed E-state index contributed by atoms with van der Waals surface area (Å²) in [4.78, 5) is 14.5. The van der Waals surface area contributed by atoms with E-state index in [1.54, 1.807) is 6.92 Å². The molecule has 0 aromatic carbocycles. The zero-order chi connectivity index (χ0) is 15.2. The molecule has 1 saturated carbocycles. The molecular weight excluding hydrogens is 254 g/mol. The van der Waals surface area contributed by atoms with E-state index in [-0.39, 0.29) is 11.5 Å². The molecule has 0 spiro atoms. The van der Waals surface area contributed by atoms with E-state index in [4.69, 9.17) is 10.3 Å². The topological polar surface area (TPSA) is 75.1 Å². The number of hydrogen-bond acceptors (Lipinski definition) is 3. The van der Waals surface area contributed by atoms with Crippen LogP contribution in [0.4, 0.5) is 0 Å². The second-order valence-electron chi connectivity index (χ2n) is 6.86. The number of ether oxygens (including phenoxy) is 1. The first kappa shape index (κ1) is 16.8. The first-order chi connectivity index (χ1) is 9.33. The van der Waals surface area contributed by atoms with E-state index >= 15 is 0 Å². The summed E-state index contributed by atoms with van der Waals surface area (Å²) in [5, 5.41) is 4.04. The van der Waals surface area contributed by atoms with Crippen molar-refractivity contribution >= 4 is 5.97 Å². The van der Waals surface area contributed by atoms with Crippen molar-refractivity contribution in [3.8, 4) is 0 Å². The summed E-state index contributed by atoms with van der Waals surface area (Å²) < 4.78 is 4.96. The highest BCUT2D eigenvalue weighted by Crippen LogP contribution is 2.44. The summed E-state index contributed by atoms with van der Waals surface area (Å²) in [6, 6.07) is 0. The quantitative estimate of drug-likeness (QED) is 0.319. The normalized spacial score (nSPS) is 26.7. The zero-order valence-electron chi connectivity index (χ0n) is 13.2. The van der Waals surface area contributed by atoms with Crippen LogP contribution >= 0.6 is 0 Å². The van der Waals surface area contributed by atoms with Crippen LogP contribution in [0.5, 0.6) is 0 Å². The summed E-state index contributed by atoms with van der Waals surface area (Å²) in [7, 11) is 0. The third-order valence-corrected chi connectivity index (χ3v) is 4.50. The lowest BCUT2D eigenvalue weighted by Crippen LogP contribution is -2.36. The average Bonchev–Trinajstić information content (AvgIpc) is 2.37. The first-order valence-electron chi connectivity index (χ1n) is 7.55. The van der Waals surface area contributed by atoms with Gasteiger partial charge in [-0.1, -0.05) is 25.9 Å². The zero-order valence-corrected chi connectivity index (χ0v) is 13.2. The Bertz CT molecular complexity index is 373. The van der Waals surface area contributed by atoms with Crippen molar-refractivity contribution in [2.75, 3.05) is 6.61 Å². The van der Waals surface area contributed by atoms with Gasteiger partial charge in [-0.15, -0.1) is 0 Å². The fourth-order valence-electron chi connectivity index (χ4n) is 3.08. The van der Waals surface area contributed by atoms with Crippen LogP contribution in [-0.4, -0.2) is 18.1 Å². The Morgan fingerprint density at radius 1 is 1.40 bits per heavy atom. The van der Waals surface area contributed by atoms with Gasteiger partial charge in [0.15, 0.2) is 0 Å². The van der Waals surface area contributed by atoms with E-state index < -0.39 is 0 Å². The maximum absolute atomic E-state index is 11.5. The van der Waals surface area contributed by atoms with Gasteiger partial charge in [0.1, 0.15) is 0 Å². The number of carbonyl (C=O) groups is 1. The van der Waals surface area contributed by atoms with Crippen molar-refractivity contribution in [3.05, 3.63) is 10.4 Å². The lowest BCUT2D eigenvalue weighted by molar-refractivity contribution is -0.143. The molecule has 20 heavy (non-hydrogen) atoms. The molecule has 1 rings (SSSR count). The Morgan fingerprint density at radius 3 is 2.45 bits per heavy atom. The van der Waals surface area contributed by atoms with Crippen molar-refractivity contribution in [2.45, 2.75) is 71.8 Å². The average molecular weight is 281 g/mol. The highest BCUT2D eigenvalue weighted by molar-refractivity contribution is 5.69. The standard InChI is InChI=1S/C15H27N3O2/c1-5-20-13(19)8-11-15(17-18-16)9-6-12(7-10-15)14(2,3)4/h12H,5-11H2,1-4H3. The van der Waals surface area contributed by atoms with Gasteiger partial charge in [0.2, 0.25) is 0 Å². The predicted molar refractivity (Wildman–Crippen MR) is 79.2 cm³/mol. The molecule has 0 saturated heterocycles. The Kier molecular flexibility index (Phi) is 5.88. The molecule has 0 radical (unpaired) electrons. The van der Waals surface area contributed by atoms with Gasteiger partial charge >= 0.3 is 5.97 Å². The molecule has 0 heterocycles. The second-order valence-corrected chi connectivity index (χ2v) is 6.86. The summed E-state index contributed by atoms with van der Waals surface area (Å²) in [5.74, 6) is 0.463. The summed E-state index contributed by atoms with van der Waals surface area (Å²) in [6.07, 6.45) is 4.81. The van der Waals surface area contributed by atoms with Crippen molar-refractivity contribution in [1.82, 2.24) is 0 Å². The minimum Gasteiger partial charge on any atom is -0.466 e. The van der Waals surface area contributed by atoms with E-state index in [2.05, 4.69) is 30.8 Å². The molecule has 1 aliphatic carbocycles. The molecule has 0 amide bonds. The third kappa shape index (κ3) is 4.71. The molecule has 114 valence electrons. The Balaban J connectivity index is 2.62. The molecular formula is C15H27N3O2. The monoisotopic (exact) mass is 281 g/mol. The van der Waals surface area contributed by atoms with Crippen LogP contribution in [0.1, 0.15) is 66.2 Å². The Morgan fingerprint density at radius 2 is 2.00 bits per heavy atom. The summed E-state index contributed by atoms with van der Waals surface area (Å²) in [6.45, 7) is 8.99. The fourth-order valence-corrected chi connectivity index (χ4v) is 3.08. The highest BCUT2D eigenvalue weighted by Gasteiger charge is 2.38. The van der Waals surface area contributed by atoms with Crippen LogP contribution in [0.15, 0.2) is 5.11 Å². The molecule has 0 aliphatic heterocycles. The second kappa shape index (κ2) is 6.98. The molecule has 5 heteroatoms. The molecule has 5 nitrogen and oxygen atoms in total. The van der Waals surface area contributed by atoms with Crippen molar-refractivity contribution in [1.29, 1.82) is 0 Å². The molecule has 0 unspecified atom stereocenters. The van der Waals surface area contributed by atoms with Crippen LogP contribution in [-0.2, 0) is 9.53 Å². The van der Waals surface area contributed by atoms with E-state index in [1.165, 1.54) is 0 Å². The number of azide groups is 1. The van der Waals surface area contributed by atoms with Crippen molar-refractivity contribution in [2.24, 2.45) is 16.4 Å². The molecule has 0 aromatic heterocycles. The van der Waals surface area contributed by atoms with E-state index in [0.29, 0.717) is 30.8 Å². The SMILES string of the molecule is CCOC(=O)CCC1(N=[N+]=[N-])CCC(C(C)(C)C)CC1. The molecule has 0 aromatic rings. The van der Waals surface area contributed by atoms with E-state index in [9.17, 15) is 4.79 Å². The van der Waals surface area contributed by atoms with Gasteiger partial charge in [-0.25, -0.2) is 0 Å². The smallest absolute Gasteiger partial charge is 0.305 e. The molecule has 1 fully saturated rings. The summed E-state index contributed by atoms with van der Waals surface area (Å²) in [5.41, 5.74) is 8.73. The van der Waals surface area contributed by atoms with Gasteiger partial charge in [0.05, 0.1) is 6.61 Å². The van der Waals surface area contributed by atoms with Gasteiger partial charge in [0.25, 0.3) is 0 Å². The molecule has 1 aliphatic rings. The van der Waals surface area contributed by atoms with Gasteiger partial charge in [-0.05, 0) is 55.9 Å². The van der Waals surface area contributed by atoms with E-state index in [1.807, 2.05) is 0 Å². The van der Waals surface area contributed by atoms with Gasteiger partial charge < -0.3 is 4.74 Å². The van der Waals surface area contributed by atoms with Crippen molar-refractivity contribution < 1.29 is 9.53 Å². The summed E-state index contributed by atoms with van der Waals surface area (Å²) >= 11 is 0. The maximum atomic E-state index is 11.5. The van der Waals surface area contributed by atoms with Crippen LogP contribution in [0.25, 0.3) is 10.4 Å². The third-order valence-electron chi connectivity index (χ3n) is 4.50. The lowest BCUT2D eigenvalue weighted by atomic mass is 9.66. The van der Waals surface area contributed by atoms with Crippen LogP contribution in [0.3, 0.4) is 0 Å². The number of carbonyl (C=O) groups excluding carboxylic acids is 1. The number of hydrogen-bond donors (Lipinski definition) is 0. The number of nitrogens with zero attached hydrogens (tertiary/aromatic N) is 3. The van der Waals surface area contributed by atoms with Crippen LogP contribution in [0.2, 0.25) is 0 Å². The molecule has 0 N–H and O–H groups in total. The largest absolute Gasteiger partial charge is 0.466 e. The molecule has 0 atom stereocenters. The van der Waals surface area contributed by atoms with Gasteiger partial charge in [-0.3, -0.25) is 4.79 Å². The minimum atomic E-state index is -0.386. The first-order valence-corrected chi connectivity index (χ1v) is 7.55. The minimum absolute atomic E-state index is 0.196. The van der Waals surface area contributed by atoms with Crippen LogP contribution in [0, 0.1) is 11.3 Å². The Hall–Kier alpha value is -1.22. The van der Waals surface area contributed by atoms with Crippen molar-refractivity contribution in [3.63, 3.8) is 0 Å². The van der Waals surface area contributed by atoms with Crippen LogP contribution < -0.4 is 0 Å². The lowest BCUT2D eigenvalue weighted by Gasteiger charge is -2.41. The highest BCUT2D eigenvalue weighted by atomic mass is 16.5. The molecule has 0 bridgehead atoms. The van der Waals surface area contributed by atoms with Gasteiger partial charge in [-0.2, -0.15) is 0 Å². The number of esters is 1. The van der Waals surface area contributed by atoms with E-state index in [0.717, 1.165) is 25.7 Å². The van der Waals surface area contributed by atoms with Gasteiger partial charge in [0, 0.05) is 16.9 Å².